The first-order valence-corrected chi connectivity index (χ1v) is 6.50. The summed E-state index contributed by atoms with van der Waals surface area (Å²) in [6, 6.07) is 10.8. The summed E-state index contributed by atoms with van der Waals surface area (Å²) < 4.78 is 19.5. The number of nitrogens with two attached hydrogens (primary N) is 1. The highest BCUT2D eigenvalue weighted by molar-refractivity contribution is 6.30. The number of hydrogen-bond donors (Lipinski definition) is 1. The molecule has 0 fully saturated rings. The highest BCUT2D eigenvalue weighted by Crippen LogP contribution is 2.36. The molecule has 0 aliphatic carbocycles. The Balaban J connectivity index is 2.04. The van der Waals surface area contributed by atoms with Crippen molar-refractivity contribution in [1.82, 2.24) is 0 Å². The fraction of sp³-hybridized carbons (Fsp3) is 0.200. The lowest BCUT2D eigenvalue weighted by Crippen LogP contribution is -2.24. The van der Waals surface area contributed by atoms with Crippen molar-refractivity contribution < 1.29 is 9.13 Å². The predicted octanol–water partition coefficient (Wildman–Crippen LogP) is 3.41. The molecular weight excluding hydrogens is 265 g/mol. The van der Waals surface area contributed by atoms with Crippen molar-refractivity contribution in [3.8, 4) is 16.9 Å². The van der Waals surface area contributed by atoms with Crippen molar-refractivity contribution >= 4 is 11.6 Å². The number of hydrogen-bond acceptors (Lipinski definition) is 2. The molecule has 98 valence electrons. The number of benzene rings is 2. The molecule has 1 aliphatic heterocycles. The van der Waals surface area contributed by atoms with Gasteiger partial charge in [-0.25, -0.2) is 4.39 Å². The fourth-order valence-electron chi connectivity index (χ4n) is 2.35. The minimum Gasteiger partial charge on any atom is -0.485 e. The molecule has 1 heterocycles. The highest BCUT2D eigenvalue weighted by atomic mass is 35.5. The van der Waals surface area contributed by atoms with E-state index in [9.17, 15) is 4.39 Å². The van der Waals surface area contributed by atoms with Gasteiger partial charge in [-0.2, -0.15) is 0 Å². The standard InChI is InChI=1S/C15H13ClFNO/c16-12-3-1-2-9(5-12)10-4-11-6-13(8-18)19-15(11)14(17)7-10/h1-5,7,13H,6,8,18H2. The van der Waals surface area contributed by atoms with Crippen LogP contribution in [0.5, 0.6) is 5.75 Å². The number of fused-ring (bicyclic) bond motifs is 1. The van der Waals surface area contributed by atoms with E-state index in [-0.39, 0.29) is 11.9 Å². The maximum Gasteiger partial charge on any atom is 0.165 e. The maximum absolute atomic E-state index is 14.0. The smallest absolute Gasteiger partial charge is 0.165 e. The van der Waals surface area contributed by atoms with Crippen molar-refractivity contribution in [3.05, 3.63) is 52.8 Å². The summed E-state index contributed by atoms with van der Waals surface area (Å²) >= 11 is 5.96. The lowest BCUT2D eigenvalue weighted by Gasteiger charge is -2.08. The molecule has 1 unspecified atom stereocenters. The summed E-state index contributed by atoms with van der Waals surface area (Å²) in [7, 11) is 0. The molecule has 0 bridgehead atoms. The van der Waals surface area contributed by atoms with Gasteiger partial charge < -0.3 is 10.5 Å². The summed E-state index contributed by atoms with van der Waals surface area (Å²) in [6.07, 6.45) is 0.524. The van der Waals surface area contributed by atoms with Crippen LogP contribution >= 0.6 is 11.6 Å². The van der Waals surface area contributed by atoms with E-state index in [0.29, 0.717) is 23.7 Å². The molecule has 2 aromatic carbocycles. The molecule has 0 spiro atoms. The fourth-order valence-corrected chi connectivity index (χ4v) is 2.54. The molecule has 2 N–H and O–H groups in total. The van der Waals surface area contributed by atoms with Crippen LogP contribution in [0, 0.1) is 5.82 Å². The van der Waals surface area contributed by atoms with E-state index in [4.69, 9.17) is 22.1 Å². The van der Waals surface area contributed by atoms with Gasteiger partial charge in [0, 0.05) is 23.6 Å². The van der Waals surface area contributed by atoms with Gasteiger partial charge in [0.1, 0.15) is 6.10 Å². The first-order valence-electron chi connectivity index (χ1n) is 6.12. The van der Waals surface area contributed by atoms with Gasteiger partial charge in [0.15, 0.2) is 11.6 Å². The average Bonchev–Trinajstić information content (AvgIpc) is 2.82. The van der Waals surface area contributed by atoms with Gasteiger partial charge in [-0.3, -0.25) is 0 Å². The third-order valence-electron chi connectivity index (χ3n) is 3.27. The summed E-state index contributed by atoms with van der Waals surface area (Å²) in [5.74, 6) is -0.00958. The molecule has 1 atom stereocenters. The second kappa shape index (κ2) is 4.83. The van der Waals surface area contributed by atoms with Crippen molar-refractivity contribution in [2.24, 2.45) is 5.73 Å². The first-order chi connectivity index (χ1) is 9.17. The van der Waals surface area contributed by atoms with E-state index in [1.54, 1.807) is 6.07 Å². The second-order valence-corrected chi connectivity index (χ2v) is 5.07. The Bertz CT molecular complexity index is 630. The molecule has 2 aromatic rings. The average molecular weight is 278 g/mol. The van der Waals surface area contributed by atoms with Gasteiger partial charge >= 0.3 is 0 Å². The van der Waals surface area contributed by atoms with Gasteiger partial charge in [-0.15, -0.1) is 0 Å². The van der Waals surface area contributed by atoms with Crippen LogP contribution in [-0.2, 0) is 6.42 Å². The lowest BCUT2D eigenvalue weighted by atomic mass is 10.0. The Hall–Kier alpha value is -1.58. The number of rotatable bonds is 2. The van der Waals surface area contributed by atoms with E-state index in [2.05, 4.69) is 0 Å². The zero-order valence-electron chi connectivity index (χ0n) is 10.2. The van der Waals surface area contributed by atoms with E-state index < -0.39 is 0 Å². The summed E-state index contributed by atoms with van der Waals surface area (Å²) in [5, 5.41) is 0.634. The van der Waals surface area contributed by atoms with Gasteiger partial charge in [-0.1, -0.05) is 23.7 Å². The molecule has 4 heteroatoms. The molecule has 0 aromatic heterocycles. The van der Waals surface area contributed by atoms with Crippen LogP contribution in [0.1, 0.15) is 5.56 Å². The minimum absolute atomic E-state index is 0.126. The van der Waals surface area contributed by atoms with Crippen LogP contribution in [0.2, 0.25) is 5.02 Å². The molecule has 0 amide bonds. The summed E-state index contributed by atoms with van der Waals surface area (Å²) in [5.41, 5.74) is 8.13. The molecule has 2 nitrogen and oxygen atoms in total. The highest BCUT2D eigenvalue weighted by Gasteiger charge is 2.25. The zero-order valence-corrected chi connectivity index (χ0v) is 11.0. The Labute approximate surface area is 115 Å². The van der Waals surface area contributed by atoms with Crippen LogP contribution in [0.25, 0.3) is 11.1 Å². The molecule has 0 radical (unpaired) electrons. The first kappa shape index (κ1) is 12.5. The predicted molar refractivity (Wildman–Crippen MR) is 74.0 cm³/mol. The Morgan fingerprint density at radius 3 is 2.84 bits per heavy atom. The quantitative estimate of drug-likeness (QED) is 0.913. The van der Waals surface area contributed by atoms with Crippen LogP contribution in [0.3, 0.4) is 0 Å². The molecule has 1 aliphatic rings. The molecular formula is C15H13ClFNO. The lowest BCUT2D eigenvalue weighted by molar-refractivity contribution is 0.232. The third-order valence-corrected chi connectivity index (χ3v) is 3.51. The Kier molecular flexibility index (Phi) is 3.17. The van der Waals surface area contributed by atoms with E-state index >= 15 is 0 Å². The van der Waals surface area contributed by atoms with Gasteiger partial charge in [-0.05, 0) is 35.4 Å². The van der Waals surface area contributed by atoms with Crippen molar-refractivity contribution in [2.75, 3.05) is 6.54 Å². The molecule has 19 heavy (non-hydrogen) atoms. The van der Waals surface area contributed by atoms with Crippen LogP contribution in [-0.4, -0.2) is 12.6 Å². The van der Waals surface area contributed by atoms with Crippen molar-refractivity contribution in [1.29, 1.82) is 0 Å². The van der Waals surface area contributed by atoms with Gasteiger partial charge in [0.2, 0.25) is 0 Å². The normalized spacial score (nSPS) is 17.1. The molecule has 3 rings (SSSR count). The maximum atomic E-state index is 14.0. The summed E-state index contributed by atoms with van der Waals surface area (Å²) in [4.78, 5) is 0. The second-order valence-electron chi connectivity index (χ2n) is 4.64. The zero-order chi connectivity index (χ0) is 13.4. The number of ether oxygens (including phenoxy) is 1. The SMILES string of the molecule is NCC1Cc2cc(-c3cccc(Cl)c3)cc(F)c2O1. The van der Waals surface area contributed by atoms with Crippen LogP contribution < -0.4 is 10.5 Å². The van der Waals surface area contributed by atoms with Crippen molar-refractivity contribution in [3.63, 3.8) is 0 Å². The van der Waals surface area contributed by atoms with Crippen molar-refractivity contribution in [2.45, 2.75) is 12.5 Å². The van der Waals surface area contributed by atoms with Gasteiger partial charge in [0.25, 0.3) is 0 Å². The minimum atomic E-state index is -0.344. The monoisotopic (exact) mass is 277 g/mol. The number of halogens is 2. The molecule has 0 saturated carbocycles. The van der Waals surface area contributed by atoms with E-state index in [1.807, 2.05) is 24.3 Å². The Morgan fingerprint density at radius 1 is 1.26 bits per heavy atom. The summed E-state index contributed by atoms with van der Waals surface area (Å²) in [6.45, 7) is 0.390. The van der Waals surface area contributed by atoms with E-state index in [1.165, 1.54) is 6.07 Å². The Morgan fingerprint density at radius 2 is 2.11 bits per heavy atom. The largest absolute Gasteiger partial charge is 0.485 e. The molecule has 0 saturated heterocycles. The van der Waals surface area contributed by atoms with Gasteiger partial charge in [0.05, 0.1) is 0 Å². The third kappa shape index (κ3) is 2.31. The van der Waals surface area contributed by atoms with E-state index in [0.717, 1.165) is 16.7 Å². The van der Waals surface area contributed by atoms with Crippen LogP contribution in [0.15, 0.2) is 36.4 Å². The van der Waals surface area contributed by atoms with Crippen LogP contribution in [0.4, 0.5) is 4.39 Å². The topological polar surface area (TPSA) is 35.2 Å².